The van der Waals surface area contributed by atoms with Gasteiger partial charge in [-0.1, -0.05) is 18.2 Å². The van der Waals surface area contributed by atoms with Crippen molar-refractivity contribution < 1.29 is 0 Å². The quantitative estimate of drug-likeness (QED) is 0.746. The summed E-state index contributed by atoms with van der Waals surface area (Å²) < 4.78 is 2.18. The second-order valence-electron chi connectivity index (χ2n) is 4.15. The molecule has 1 N–H and O–H groups in total. The lowest BCUT2D eigenvalue weighted by molar-refractivity contribution is 0.798. The number of benzene rings is 1. The van der Waals surface area contributed by atoms with E-state index in [1.807, 2.05) is 12.1 Å². The first kappa shape index (κ1) is 10.8. The fourth-order valence-electron chi connectivity index (χ4n) is 2.23. The van der Waals surface area contributed by atoms with Crippen LogP contribution in [0.25, 0.3) is 22.2 Å². The molecule has 3 aromatic rings. The SMILES string of the molecule is CCn1ccc2cccc(-c3ccc(=O)[nH]n3)c21. The molecule has 3 rings (SSSR count). The van der Waals surface area contributed by atoms with Crippen LogP contribution in [-0.2, 0) is 6.54 Å². The summed E-state index contributed by atoms with van der Waals surface area (Å²) in [5.74, 6) is 0. The number of hydrogen-bond acceptors (Lipinski definition) is 2. The van der Waals surface area contributed by atoms with E-state index in [-0.39, 0.29) is 5.56 Å². The van der Waals surface area contributed by atoms with Crippen molar-refractivity contribution in [1.82, 2.24) is 14.8 Å². The fraction of sp³-hybridized carbons (Fsp3) is 0.143. The Morgan fingerprint density at radius 3 is 2.83 bits per heavy atom. The number of para-hydroxylation sites is 1. The molecule has 0 bridgehead atoms. The molecule has 0 radical (unpaired) electrons. The lowest BCUT2D eigenvalue weighted by Gasteiger charge is -2.07. The number of rotatable bonds is 2. The molecule has 90 valence electrons. The third kappa shape index (κ3) is 1.62. The minimum absolute atomic E-state index is 0.184. The minimum Gasteiger partial charge on any atom is -0.347 e. The van der Waals surface area contributed by atoms with Crippen LogP contribution in [0.4, 0.5) is 0 Å². The first-order valence-corrected chi connectivity index (χ1v) is 5.93. The highest BCUT2D eigenvalue weighted by Crippen LogP contribution is 2.27. The molecule has 18 heavy (non-hydrogen) atoms. The minimum atomic E-state index is -0.184. The number of aromatic nitrogens is 3. The van der Waals surface area contributed by atoms with E-state index in [0.717, 1.165) is 23.3 Å². The van der Waals surface area contributed by atoms with Crippen LogP contribution in [0.15, 0.2) is 47.4 Å². The van der Waals surface area contributed by atoms with Crippen LogP contribution in [-0.4, -0.2) is 14.8 Å². The van der Waals surface area contributed by atoms with Crippen molar-refractivity contribution in [3.8, 4) is 11.3 Å². The van der Waals surface area contributed by atoms with Gasteiger partial charge >= 0.3 is 0 Å². The summed E-state index contributed by atoms with van der Waals surface area (Å²) in [5.41, 5.74) is 2.79. The van der Waals surface area contributed by atoms with E-state index in [0.29, 0.717) is 0 Å². The van der Waals surface area contributed by atoms with Gasteiger partial charge in [0.15, 0.2) is 0 Å². The van der Waals surface area contributed by atoms with Gasteiger partial charge in [-0.2, -0.15) is 5.10 Å². The maximum atomic E-state index is 11.1. The number of hydrogen-bond donors (Lipinski definition) is 1. The molecule has 1 aromatic carbocycles. The van der Waals surface area contributed by atoms with Crippen molar-refractivity contribution in [3.63, 3.8) is 0 Å². The van der Waals surface area contributed by atoms with Crippen LogP contribution in [0.5, 0.6) is 0 Å². The van der Waals surface area contributed by atoms with E-state index in [4.69, 9.17) is 0 Å². The van der Waals surface area contributed by atoms with Crippen molar-refractivity contribution >= 4 is 10.9 Å². The molecule has 0 saturated carbocycles. The third-order valence-electron chi connectivity index (χ3n) is 3.08. The van der Waals surface area contributed by atoms with Gasteiger partial charge in [-0.15, -0.1) is 0 Å². The first-order chi connectivity index (χ1) is 8.79. The van der Waals surface area contributed by atoms with Gasteiger partial charge < -0.3 is 4.57 Å². The fourth-order valence-corrected chi connectivity index (χ4v) is 2.23. The zero-order valence-corrected chi connectivity index (χ0v) is 10.1. The molecule has 2 heterocycles. The maximum absolute atomic E-state index is 11.1. The monoisotopic (exact) mass is 239 g/mol. The van der Waals surface area contributed by atoms with Gasteiger partial charge in [0.05, 0.1) is 11.2 Å². The molecule has 0 aliphatic rings. The average Bonchev–Trinajstić information content (AvgIpc) is 2.82. The second-order valence-corrected chi connectivity index (χ2v) is 4.15. The van der Waals surface area contributed by atoms with Crippen molar-refractivity contribution in [1.29, 1.82) is 0 Å². The predicted octanol–water partition coefficient (Wildman–Crippen LogP) is 2.41. The van der Waals surface area contributed by atoms with E-state index in [1.165, 1.54) is 11.5 Å². The summed E-state index contributed by atoms with van der Waals surface area (Å²) in [7, 11) is 0. The van der Waals surface area contributed by atoms with E-state index < -0.39 is 0 Å². The highest BCUT2D eigenvalue weighted by molar-refractivity contribution is 5.93. The molecule has 0 fully saturated rings. The number of fused-ring (bicyclic) bond motifs is 1. The highest BCUT2D eigenvalue weighted by Gasteiger charge is 2.08. The van der Waals surface area contributed by atoms with Crippen molar-refractivity contribution in [2.24, 2.45) is 0 Å². The molecule has 4 heteroatoms. The van der Waals surface area contributed by atoms with Crippen LogP contribution in [0.2, 0.25) is 0 Å². The van der Waals surface area contributed by atoms with Gasteiger partial charge in [0.1, 0.15) is 0 Å². The van der Waals surface area contributed by atoms with Gasteiger partial charge in [0.25, 0.3) is 5.56 Å². The molecule has 0 saturated heterocycles. The Balaban J connectivity index is 2.31. The average molecular weight is 239 g/mol. The molecule has 0 aliphatic carbocycles. The van der Waals surface area contributed by atoms with Crippen LogP contribution in [0, 0.1) is 0 Å². The normalized spacial score (nSPS) is 10.9. The van der Waals surface area contributed by atoms with Crippen molar-refractivity contribution in [2.75, 3.05) is 0 Å². The van der Waals surface area contributed by atoms with Crippen LogP contribution in [0.1, 0.15) is 6.92 Å². The lowest BCUT2D eigenvalue weighted by atomic mass is 10.1. The summed E-state index contributed by atoms with van der Waals surface area (Å²) in [6.45, 7) is 3.01. The Morgan fingerprint density at radius 2 is 2.11 bits per heavy atom. The lowest BCUT2D eigenvalue weighted by Crippen LogP contribution is -2.06. The Hall–Kier alpha value is -2.36. The number of H-pyrrole nitrogens is 1. The molecule has 0 spiro atoms. The molecular weight excluding hydrogens is 226 g/mol. The topological polar surface area (TPSA) is 50.7 Å². The number of aromatic amines is 1. The standard InChI is InChI=1S/C14H13N3O/c1-2-17-9-8-10-4-3-5-11(14(10)17)12-6-7-13(18)16-15-12/h3-9H,2H2,1H3,(H,16,18). The Labute approximate surface area is 104 Å². The van der Waals surface area contributed by atoms with Gasteiger partial charge in [0.2, 0.25) is 0 Å². The summed E-state index contributed by atoms with van der Waals surface area (Å²) in [6, 6.07) is 11.4. The third-order valence-corrected chi connectivity index (χ3v) is 3.08. The summed E-state index contributed by atoms with van der Waals surface area (Å²) in [5, 5.41) is 7.76. The van der Waals surface area contributed by atoms with Crippen LogP contribution < -0.4 is 5.56 Å². The van der Waals surface area contributed by atoms with Gasteiger partial charge in [-0.05, 0) is 19.1 Å². The Morgan fingerprint density at radius 1 is 1.22 bits per heavy atom. The molecule has 0 unspecified atom stereocenters. The summed E-state index contributed by atoms with van der Waals surface area (Å²) >= 11 is 0. The molecular formula is C14H13N3O. The largest absolute Gasteiger partial charge is 0.347 e. The van der Waals surface area contributed by atoms with E-state index in [2.05, 4.69) is 40.0 Å². The smallest absolute Gasteiger partial charge is 0.264 e. The Bertz CT molecular complexity index is 735. The molecule has 0 atom stereocenters. The van der Waals surface area contributed by atoms with Crippen LogP contribution in [0.3, 0.4) is 0 Å². The van der Waals surface area contributed by atoms with E-state index in [9.17, 15) is 4.79 Å². The second kappa shape index (κ2) is 4.14. The first-order valence-electron chi connectivity index (χ1n) is 5.93. The Kier molecular flexibility index (Phi) is 2.48. The number of aryl methyl sites for hydroxylation is 1. The van der Waals surface area contributed by atoms with E-state index in [1.54, 1.807) is 6.07 Å². The molecule has 4 nitrogen and oxygen atoms in total. The van der Waals surface area contributed by atoms with Crippen LogP contribution >= 0.6 is 0 Å². The summed E-state index contributed by atoms with van der Waals surface area (Å²) in [4.78, 5) is 11.1. The van der Waals surface area contributed by atoms with Gasteiger partial charge in [0, 0.05) is 29.8 Å². The molecule has 0 amide bonds. The predicted molar refractivity (Wildman–Crippen MR) is 71.5 cm³/mol. The van der Waals surface area contributed by atoms with E-state index >= 15 is 0 Å². The maximum Gasteiger partial charge on any atom is 0.264 e. The van der Waals surface area contributed by atoms with Gasteiger partial charge in [-0.25, -0.2) is 5.10 Å². The number of nitrogens with one attached hydrogen (secondary N) is 1. The van der Waals surface area contributed by atoms with Crippen molar-refractivity contribution in [2.45, 2.75) is 13.5 Å². The molecule has 2 aromatic heterocycles. The van der Waals surface area contributed by atoms with Gasteiger partial charge in [-0.3, -0.25) is 4.79 Å². The highest BCUT2D eigenvalue weighted by atomic mass is 16.1. The molecule has 0 aliphatic heterocycles. The number of nitrogens with zero attached hydrogens (tertiary/aromatic N) is 2. The zero-order chi connectivity index (χ0) is 12.5. The zero-order valence-electron chi connectivity index (χ0n) is 10.1. The summed E-state index contributed by atoms with van der Waals surface area (Å²) in [6.07, 6.45) is 2.07. The van der Waals surface area contributed by atoms with Crippen molar-refractivity contribution in [3.05, 3.63) is 52.9 Å².